The third-order valence-corrected chi connectivity index (χ3v) is 8.63. The van der Waals surface area contributed by atoms with E-state index in [1.807, 2.05) is 35.0 Å². The van der Waals surface area contributed by atoms with Crippen LogP contribution in [0.15, 0.2) is 77.4 Å². The van der Waals surface area contributed by atoms with Gasteiger partial charge < -0.3 is 4.90 Å². The van der Waals surface area contributed by atoms with Crippen LogP contribution in [0.25, 0.3) is 15.9 Å². The summed E-state index contributed by atoms with van der Waals surface area (Å²) in [4.78, 5) is 18.1. The highest BCUT2D eigenvalue weighted by Gasteiger charge is 2.21. The summed E-state index contributed by atoms with van der Waals surface area (Å²) in [5.41, 5.74) is 2.06. The van der Waals surface area contributed by atoms with Crippen molar-refractivity contribution in [2.45, 2.75) is 16.8 Å². The molecule has 0 unspecified atom stereocenters. The molecule has 0 atom stereocenters. The summed E-state index contributed by atoms with van der Waals surface area (Å²) in [5.74, 6) is 2.40. The van der Waals surface area contributed by atoms with E-state index in [4.69, 9.17) is 22.3 Å². The Bertz CT molecular complexity index is 1470. The maximum Gasteiger partial charge on any atom is 0.225 e. The molecule has 3 aromatic heterocycles. The summed E-state index contributed by atoms with van der Waals surface area (Å²) >= 11 is 9.35. The molecule has 182 valence electrons. The van der Waals surface area contributed by atoms with E-state index in [1.165, 1.54) is 4.70 Å². The number of thioether (sulfide) groups is 1. The van der Waals surface area contributed by atoms with Crippen LogP contribution in [-0.4, -0.2) is 60.4 Å². The zero-order valence-electron chi connectivity index (χ0n) is 19.5. The first kappa shape index (κ1) is 23.3. The van der Waals surface area contributed by atoms with Crippen LogP contribution in [0.4, 0.5) is 5.95 Å². The monoisotopic (exact) mass is 532 g/mol. The summed E-state index contributed by atoms with van der Waals surface area (Å²) in [7, 11) is 0. The molecule has 0 amide bonds. The fourth-order valence-electron chi connectivity index (χ4n) is 4.25. The van der Waals surface area contributed by atoms with E-state index >= 15 is 0 Å². The number of hydrogen-bond acceptors (Lipinski definition) is 9. The van der Waals surface area contributed by atoms with Crippen molar-refractivity contribution in [3.63, 3.8) is 0 Å². The smallest absolute Gasteiger partial charge is 0.225 e. The number of hydrogen-bond donors (Lipinski definition) is 0. The van der Waals surface area contributed by atoms with Gasteiger partial charge >= 0.3 is 0 Å². The molecular formula is C25H24N8S3. The van der Waals surface area contributed by atoms with Crippen molar-refractivity contribution in [1.29, 1.82) is 0 Å². The number of thiazole rings is 1. The molecule has 0 bridgehead atoms. The molecule has 0 aliphatic carbocycles. The Morgan fingerprint density at radius 1 is 0.889 bits per heavy atom. The second-order valence-electron chi connectivity index (χ2n) is 8.40. The zero-order valence-corrected chi connectivity index (χ0v) is 21.9. The van der Waals surface area contributed by atoms with E-state index in [1.54, 1.807) is 35.5 Å². The maximum atomic E-state index is 5.93. The SMILES string of the molecule is S=c1n(CN2CCN(c3ncccn3)CC2)nc(CSc2nc3ccccc3s2)n1-c1ccccc1. The lowest BCUT2D eigenvalue weighted by molar-refractivity contribution is 0.193. The first-order chi connectivity index (χ1) is 17.7. The van der Waals surface area contributed by atoms with Gasteiger partial charge in [-0.2, -0.15) is 5.10 Å². The molecule has 4 heterocycles. The van der Waals surface area contributed by atoms with Gasteiger partial charge in [0.05, 0.1) is 22.6 Å². The second-order valence-corrected chi connectivity index (χ2v) is 11.0. The largest absolute Gasteiger partial charge is 0.338 e. The van der Waals surface area contributed by atoms with Crippen LogP contribution in [0.5, 0.6) is 0 Å². The summed E-state index contributed by atoms with van der Waals surface area (Å²) in [6.07, 6.45) is 3.58. The predicted octanol–water partition coefficient (Wildman–Crippen LogP) is 4.87. The average molecular weight is 533 g/mol. The van der Waals surface area contributed by atoms with Gasteiger partial charge in [-0.25, -0.2) is 19.6 Å². The van der Waals surface area contributed by atoms with Crippen LogP contribution in [0, 0.1) is 4.77 Å². The Morgan fingerprint density at radius 2 is 1.64 bits per heavy atom. The van der Waals surface area contributed by atoms with E-state index in [-0.39, 0.29) is 0 Å². The van der Waals surface area contributed by atoms with Gasteiger partial charge in [0.25, 0.3) is 0 Å². The van der Waals surface area contributed by atoms with Crippen LogP contribution < -0.4 is 4.90 Å². The number of nitrogens with zero attached hydrogens (tertiary/aromatic N) is 8. The first-order valence-electron chi connectivity index (χ1n) is 11.7. The molecule has 0 radical (unpaired) electrons. The summed E-state index contributed by atoms with van der Waals surface area (Å²) in [5, 5.41) is 4.98. The van der Waals surface area contributed by atoms with E-state index < -0.39 is 0 Å². The molecule has 1 aliphatic rings. The Kier molecular flexibility index (Phi) is 6.77. The molecule has 0 saturated carbocycles. The molecule has 1 fully saturated rings. The summed E-state index contributed by atoms with van der Waals surface area (Å²) in [6, 6.07) is 20.3. The van der Waals surface area contributed by atoms with Crippen molar-refractivity contribution in [2.75, 3.05) is 31.1 Å². The van der Waals surface area contributed by atoms with Crippen molar-refractivity contribution < 1.29 is 0 Å². The molecule has 0 spiro atoms. The number of para-hydroxylation sites is 2. The molecule has 8 nitrogen and oxygen atoms in total. The van der Waals surface area contributed by atoms with Crippen molar-refractivity contribution in [2.24, 2.45) is 0 Å². The fourth-order valence-corrected chi connectivity index (χ4v) is 6.54. The minimum absolute atomic E-state index is 0.654. The lowest BCUT2D eigenvalue weighted by Crippen LogP contribution is -2.47. The number of rotatable bonds is 7. The van der Waals surface area contributed by atoms with Gasteiger partial charge in [-0.3, -0.25) is 9.47 Å². The van der Waals surface area contributed by atoms with Crippen LogP contribution in [0.2, 0.25) is 0 Å². The highest BCUT2D eigenvalue weighted by molar-refractivity contribution is 8.00. The zero-order chi connectivity index (χ0) is 24.3. The summed E-state index contributed by atoms with van der Waals surface area (Å²) < 4.78 is 6.98. The summed E-state index contributed by atoms with van der Waals surface area (Å²) in [6.45, 7) is 4.19. The van der Waals surface area contributed by atoms with Crippen molar-refractivity contribution in [3.05, 3.63) is 83.7 Å². The first-order valence-corrected chi connectivity index (χ1v) is 13.9. The molecule has 1 aliphatic heterocycles. The van der Waals surface area contributed by atoms with Crippen molar-refractivity contribution >= 4 is 51.5 Å². The molecule has 36 heavy (non-hydrogen) atoms. The van der Waals surface area contributed by atoms with Crippen LogP contribution in [0.3, 0.4) is 0 Å². The quantitative estimate of drug-likeness (QED) is 0.217. The van der Waals surface area contributed by atoms with Gasteiger partial charge in [0.1, 0.15) is 5.82 Å². The molecule has 5 aromatic rings. The van der Waals surface area contributed by atoms with Crippen LogP contribution in [0.1, 0.15) is 5.82 Å². The van der Waals surface area contributed by atoms with Gasteiger partial charge in [0.2, 0.25) is 10.7 Å². The Balaban J connectivity index is 1.21. The van der Waals surface area contributed by atoms with Gasteiger partial charge in [0.15, 0.2) is 4.34 Å². The Morgan fingerprint density at radius 3 is 2.42 bits per heavy atom. The highest BCUT2D eigenvalue weighted by Crippen LogP contribution is 2.31. The minimum atomic E-state index is 0.654. The van der Waals surface area contributed by atoms with Crippen molar-refractivity contribution in [3.8, 4) is 5.69 Å². The van der Waals surface area contributed by atoms with E-state index in [0.29, 0.717) is 17.2 Å². The third-order valence-electron chi connectivity index (χ3n) is 6.06. The number of benzene rings is 2. The number of anilines is 1. The Labute approximate surface area is 222 Å². The maximum absolute atomic E-state index is 5.93. The van der Waals surface area contributed by atoms with Crippen LogP contribution >= 0.6 is 35.3 Å². The lowest BCUT2D eigenvalue weighted by Gasteiger charge is -2.34. The number of aromatic nitrogens is 6. The van der Waals surface area contributed by atoms with Crippen LogP contribution in [-0.2, 0) is 12.4 Å². The standard InChI is InChI=1S/C25H24N8S3/c34-25-32(18-30-13-15-31(16-14-30)23-26-11-6-12-27-23)29-22(33(25)19-7-2-1-3-8-19)17-35-24-28-20-9-4-5-10-21(20)36-24/h1-12H,13-18H2. The average Bonchev–Trinajstić information content (AvgIpc) is 3.49. The number of fused-ring (bicyclic) bond motifs is 1. The van der Waals surface area contributed by atoms with Gasteiger partial charge in [-0.1, -0.05) is 42.1 Å². The van der Waals surface area contributed by atoms with Gasteiger partial charge in [-0.15, -0.1) is 11.3 Å². The number of piperazine rings is 1. The molecule has 0 N–H and O–H groups in total. The second kappa shape index (κ2) is 10.5. The molecular weight excluding hydrogens is 509 g/mol. The predicted molar refractivity (Wildman–Crippen MR) is 147 cm³/mol. The van der Waals surface area contributed by atoms with Crippen molar-refractivity contribution in [1.82, 2.24) is 34.2 Å². The van der Waals surface area contributed by atoms with Gasteiger partial charge in [-0.05, 0) is 42.5 Å². The lowest BCUT2D eigenvalue weighted by atomic mass is 10.3. The van der Waals surface area contributed by atoms with E-state index in [2.05, 4.69) is 54.7 Å². The normalized spacial score (nSPS) is 14.5. The topological polar surface area (TPSA) is 67.9 Å². The Hall–Kier alpha value is -3.12. The molecule has 1 saturated heterocycles. The highest BCUT2D eigenvalue weighted by atomic mass is 32.2. The fraction of sp³-hybridized carbons (Fsp3) is 0.240. The molecule has 2 aromatic carbocycles. The minimum Gasteiger partial charge on any atom is -0.338 e. The third kappa shape index (κ3) is 4.92. The van der Waals surface area contributed by atoms with E-state index in [9.17, 15) is 0 Å². The molecule has 6 rings (SSSR count). The van der Waals surface area contributed by atoms with E-state index in [0.717, 1.165) is 53.5 Å². The van der Waals surface area contributed by atoms with Gasteiger partial charge in [0, 0.05) is 44.3 Å². The molecule has 11 heteroatoms.